The molecule has 2 aromatic rings. The average molecular weight is 487 g/mol. The Morgan fingerprint density at radius 2 is 2.00 bits per heavy atom. The highest BCUT2D eigenvalue weighted by atomic mass is 127. The normalized spacial score (nSPS) is 11.0. The molecule has 0 saturated carbocycles. The van der Waals surface area contributed by atoms with Gasteiger partial charge in [0.1, 0.15) is 5.75 Å². The number of aliphatic imine (C=N–C) groups is 1. The first kappa shape index (κ1) is 23.2. The summed E-state index contributed by atoms with van der Waals surface area (Å²) in [6.07, 6.45) is 4.68. The molecule has 0 amide bonds. The van der Waals surface area contributed by atoms with E-state index in [9.17, 15) is 0 Å². The largest absolute Gasteiger partial charge is 0.493 e. The first-order valence-electron chi connectivity index (χ1n) is 8.75. The second kappa shape index (κ2) is 12.6. The first-order valence-corrected chi connectivity index (χ1v) is 8.75. The molecule has 1 heterocycles. The Balaban J connectivity index is 0.00000364. The van der Waals surface area contributed by atoms with Crippen LogP contribution in [0.1, 0.15) is 23.1 Å². The van der Waals surface area contributed by atoms with E-state index in [-0.39, 0.29) is 24.0 Å². The SMILES string of the molecule is CN=C(NCc1cnn(C)c1)NCc1ccc(C)cc1OCCCOC.I. The lowest BCUT2D eigenvalue weighted by atomic mass is 10.1. The number of aryl methyl sites for hydroxylation is 2. The van der Waals surface area contributed by atoms with Gasteiger partial charge in [-0.25, -0.2) is 0 Å². The monoisotopic (exact) mass is 487 g/mol. The van der Waals surface area contributed by atoms with E-state index in [4.69, 9.17) is 9.47 Å². The Hall–Kier alpha value is -1.81. The highest BCUT2D eigenvalue weighted by Crippen LogP contribution is 2.20. The van der Waals surface area contributed by atoms with Crippen LogP contribution in [0.2, 0.25) is 0 Å². The van der Waals surface area contributed by atoms with Crippen LogP contribution in [0.3, 0.4) is 0 Å². The van der Waals surface area contributed by atoms with E-state index in [0.717, 1.165) is 29.3 Å². The number of halogens is 1. The van der Waals surface area contributed by atoms with Crippen molar-refractivity contribution in [3.63, 3.8) is 0 Å². The van der Waals surface area contributed by atoms with E-state index in [0.29, 0.717) is 26.3 Å². The second-order valence-corrected chi connectivity index (χ2v) is 6.11. The Kier molecular flexibility index (Phi) is 10.8. The third-order valence-electron chi connectivity index (χ3n) is 3.86. The number of methoxy groups -OCH3 is 1. The van der Waals surface area contributed by atoms with Gasteiger partial charge in [-0.1, -0.05) is 12.1 Å². The molecule has 0 radical (unpaired) electrons. The number of ether oxygens (including phenoxy) is 2. The standard InChI is InChI=1S/C19H29N5O2.HI/c1-15-6-7-17(18(10-15)26-9-5-8-25-4)13-22-19(20-2)21-11-16-12-23-24(3)14-16;/h6-7,10,12,14H,5,8-9,11,13H2,1-4H3,(H2,20,21,22);1H. The maximum absolute atomic E-state index is 5.93. The quantitative estimate of drug-likeness (QED) is 0.246. The molecular weight excluding hydrogens is 457 g/mol. The molecule has 0 spiro atoms. The molecule has 0 aliphatic rings. The lowest BCUT2D eigenvalue weighted by Crippen LogP contribution is -2.36. The molecule has 2 N–H and O–H groups in total. The summed E-state index contributed by atoms with van der Waals surface area (Å²) in [6, 6.07) is 6.24. The summed E-state index contributed by atoms with van der Waals surface area (Å²) >= 11 is 0. The van der Waals surface area contributed by atoms with Gasteiger partial charge in [-0.05, 0) is 18.6 Å². The maximum Gasteiger partial charge on any atom is 0.191 e. The molecule has 0 aliphatic heterocycles. The molecule has 0 atom stereocenters. The second-order valence-electron chi connectivity index (χ2n) is 6.11. The van der Waals surface area contributed by atoms with E-state index in [2.05, 4.69) is 45.8 Å². The van der Waals surface area contributed by atoms with Crippen molar-refractivity contribution in [1.29, 1.82) is 0 Å². The highest BCUT2D eigenvalue weighted by Gasteiger charge is 2.06. The van der Waals surface area contributed by atoms with Crippen molar-refractivity contribution in [3.8, 4) is 5.75 Å². The van der Waals surface area contributed by atoms with Crippen LogP contribution in [0.15, 0.2) is 35.6 Å². The van der Waals surface area contributed by atoms with Gasteiger partial charge in [-0.2, -0.15) is 5.10 Å². The van der Waals surface area contributed by atoms with Gasteiger partial charge >= 0.3 is 0 Å². The van der Waals surface area contributed by atoms with E-state index < -0.39 is 0 Å². The van der Waals surface area contributed by atoms with Gasteiger partial charge in [0.25, 0.3) is 0 Å². The van der Waals surface area contributed by atoms with E-state index in [1.54, 1.807) is 18.8 Å². The summed E-state index contributed by atoms with van der Waals surface area (Å²) in [7, 11) is 5.37. The van der Waals surface area contributed by atoms with Crippen molar-refractivity contribution in [1.82, 2.24) is 20.4 Å². The average Bonchev–Trinajstić information content (AvgIpc) is 3.05. The zero-order valence-electron chi connectivity index (χ0n) is 16.5. The van der Waals surface area contributed by atoms with Crippen molar-refractivity contribution in [2.24, 2.45) is 12.0 Å². The van der Waals surface area contributed by atoms with Gasteiger partial charge in [-0.3, -0.25) is 9.67 Å². The smallest absolute Gasteiger partial charge is 0.191 e. The molecule has 0 unspecified atom stereocenters. The van der Waals surface area contributed by atoms with Crippen molar-refractivity contribution in [3.05, 3.63) is 47.3 Å². The maximum atomic E-state index is 5.93. The van der Waals surface area contributed by atoms with E-state index in [1.165, 1.54) is 5.56 Å². The molecule has 0 bridgehead atoms. The van der Waals surface area contributed by atoms with Crippen LogP contribution in [0.5, 0.6) is 5.75 Å². The topological polar surface area (TPSA) is 72.7 Å². The van der Waals surface area contributed by atoms with Crippen LogP contribution < -0.4 is 15.4 Å². The van der Waals surface area contributed by atoms with Gasteiger partial charge in [0.05, 0.1) is 12.8 Å². The van der Waals surface area contributed by atoms with Gasteiger partial charge in [-0.15, -0.1) is 24.0 Å². The molecule has 8 heteroatoms. The molecule has 27 heavy (non-hydrogen) atoms. The highest BCUT2D eigenvalue weighted by molar-refractivity contribution is 14.0. The van der Waals surface area contributed by atoms with Crippen molar-refractivity contribution < 1.29 is 9.47 Å². The van der Waals surface area contributed by atoms with Crippen LogP contribution in [0.25, 0.3) is 0 Å². The number of aromatic nitrogens is 2. The fourth-order valence-corrected chi connectivity index (χ4v) is 2.48. The number of rotatable bonds is 9. The van der Waals surface area contributed by atoms with Crippen molar-refractivity contribution in [2.45, 2.75) is 26.4 Å². The van der Waals surface area contributed by atoms with E-state index in [1.807, 2.05) is 19.4 Å². The lowest BCUT2D eigenvalue weighted by Gasteiger charge is -2.15. The third kappa shape index (κ3) is 8.17. The van der Waals surface area contributed by atoms with E-state index >= 15 is 0 Å². The Morgan fingerprint density at radius 1 is 1.22 bits per heavy atom. The van der Waals surface area contributed by atoms with Crippen molar-refractivity contribution >= 4 is 29.9 Å². The summed E-state index contributed by atoms with van der Waals surface area (Å²) in [5.74, 6) is 1.64. The Morgan fingerprint density at radius 3 is 2.67 bits per heavy atom. The number of benzene rings is 1. The number of hydrogen-bond donors (Lipinski definition) is 2. The molecule has 0 saturated heterocycles. The Labute approximate surface area is 178 Å². The Bertz CT molecular complexity index is 718. The predicted molar refractivity (Wildman–Crippen MR) is 119 cm³/mol. The molecule has 1 aromatic heterocycles. The fraction of sp³-hybridized carbons (Fsp3) is 0.474. The van der Waals surface area contributed by atoms with Gasteiger partial charge in [0.2, 0.25) is 0 Å². The minimum absolute atomic E-state index is 0. The van der Waals surface area contributed by atoms with Gasteiger partial charge in [0.15, 0.2) is 5.96 Å². The number of nitrogens with zero attached hydrogens (tertiary/aromatic N) is 3. The first-order chi connectivity index (χ1) is 12.6. The molecule has 2 rings (SSSR count). The molecule has 0 aliphatic carbocycles. The minimum Gasteiger partial charge on any atom is -0.493 e. The summed E-state index contributed by atoms with van der Waals surface area (Å²) in [6.45, 7) is 4.70. The number of guanidine groups is 1. The molecule has 7 nitrogen and oxygen atoms in total. The lowest BCUT2D eigenvalue weighted by molar-refractivity contribution is 0.171. The third-order valence-corrected chi connectivity index (χ3v) is 3.86. The zero-order chi connectivity index (χ0) is 18.8. The van der Waals surface area contributed by atoms with Crippen LogP contribution in [-0.2, 0) is 24.9 Å². The number of nitrogens with one attached hydrogen (secondary N) is 2. The minimum atomic E-state index is 0. The number of hydrogen-bond acceptors (Lipinski definition) is 4. The van der Waals surface area contributed by atoms with Gasteiger partial charge in [0, 0.05) is 64.6 Å². The van der Waals surface area contributed by atoms with Crippen molar-refractivity contribution in [2.75, 3.05) is 27.4 Å². The fourth-order valence-electron chi connectivity index (χ4n) is 2.48. The molecule has 0 fully saturated rings. The van der Waals surface area contributed by atoms with Crippen LogP contribution in [0.4, 0.5) is 0 Å². The van der Waals surface area contributed by atoms with Gasteiger partial charge < -0.3 is 20.1 Å². The van der Waals surface area contributed by atoms with Crippen LogP contribution in [0, 0.1) is 6.92 Å². The summed E-state index contributed by atoms with van der Waals surface area (Å²) in [5, 5.41) is 10.8. The summed E-state index contributed by atoms with van der Waals surface area (Å²) in [5.41, 5.74) is 3.37. The summed E-state index contributed by atoms with van der Waals surface area (Å²) < 4.78 is 12.8. The zero-order valence-corrected chi connectivity index (χ0v) is 18.8. The van der Waals surface area contributed by atoms with Crippen LogP contribution in [-0.4, -0.2) is 43.1 Å². The molecular formula is C19H30IN5O2. The molecule has 150 valence electrons. The predicted octanol–water partition coefficient (Wildman–Crippen LogP) is 2.63. The van der Waals surface area contributed by atoms with Crippen LogP contribution >= 0.6 is 24.0 Å². The molecule has 1 aromatic carbocycles. The summed E-state index contributed by atoms with van der Waals surface area (Å²) in [4.78, 5) is 4.27.